The fourth-order valence-electron chi connectivity index (χ4n) is 1.33. The maximum atomic E-state index is 12.9. The third kappa shape index (κ3) is 3.54. The molecule has 5 N–H and O–H groups in total. The molecule has 1 rings (SSSR count). The molecule has 0 spiro atoms. The average Bonchev–Trinajstić information content (AvgIpc) is 2.72. The molecule has 6 nitrogen and oxygen atoms in total. The van der Waals surface area contributed by atoms with Gasteiger partial charge in [0, 0.05) is 0 Å². The van der Waals surface area contributed by atoms with Gasteiger partial charge in [0.1, 0.15) is 9.88 Å². The van der Waals surface area contributed by atoms with Crippen molar-refractivity contribution < 1.29 is 31.9 Å². The molecule has 0 aromatic carbocycles. The van der Waals surface area contributed by atoms with Gasteiger partial charge in [-0.2, -0.15) is 8.78 Å². The van der Waals surface area contributed by atoms with Gasteiger partial charge in [-0.25, -0.2) is 13.6 Å². The first-order valence-electron chi connectivity index (χ1n) is 5.32. The molecule has 1 aromatic heterocycles. The number of ether oxygens (including phenoxy) is 1. The minimum Gasteiger partial charge on any atom is -0.465 e. The second-order valence-corrected chi connectivity index (χ2v) is 4.84. The molecule has 0 unspecified atom stereocenters. The lowest BCUT2D eigenvalue weighted by Crippen LogP contribution is -2.35. The summed E-state index contributed by atoms with van der Waals surface area (Å²) >= 11 is 0.510. The van der Waals surface area contributed by atoms with Crippen LogP contribution in [0.25, 0.3) is 0 Å². The van der Waals surface area contributed by atoms with E-state index in [0.717, 1.165) is 7.11 Å². The number of primary amides is 1. The van der Waals surface area contributed by atoms with Gasteiger partial charge in [0.15, 0.2) is 0 Å². The molecule has 21 heavy (non-hydrogen) atoms. The van der Waals surface area contributed by atoms with Crippen LogP contribution in [0.2, 0.25) is 0 Å². The van der Waals surface area contributed by atoms with E-state index in [9.17, 15) is 27.2 Å². The van der Waals surface area contributed by atoms with Gasteiger partial charge in [-0.15, -0.1) is 11.3 Å². The van der Waals surface area contributed by atoms with Gasteiger partial charge in [-0.05, 0) is 0 Å². The highest BCUT2D eigenvalue weighted by atomic mass is 32.1. The molecule has 0 aliphatic rings. The third-order valence-corrected chi connectivity index (χ3v) is 3.51. The number of methoxy groups -OCH3 is 1. The zero-order valence-electron chi connectivity index (χ0n) is 10.6. The van der Waals surface area contributed by atoms with Crippen LogP contribution in [-0.2, 0) is 4.74 Å². The Morgan fingerprint density at radius 3 is 2.43 bits per heavy atom. The molecule has 0 fully saturated rings. The van der Waals surface area contributed by atoms with Crippen LogP contribution in [0.15, 0.2) is 0 Å². The minimum absolute atomic E-state index is 0.242. The van der Waals surface area contributed by atoms with Crippen LogP contribution in [0.3, 0.4) is 0 Å². The van der Waals surface area contributed by atoms with Crippen molar-refractivity contribution in [3.63, 3.8) is 0 Å². The molecule has 0 saturated heterocycles. The second kappa shape index (κ2) is 6.16. The third-order valence-electron chi connectivity index (χ3n) is 2.37. The quantitative estimate of drug-likeness (QED) is 0.542. The summed E-state index contributed by atoms with van der Waals surface area (Å²) in [6.45, 7) is -1.45. The number of carbonyl (C=O) groups is 2. The maximum Gasteiger partial charge on any atom is 0.350 e. The van der Waals surface area contributed by atoms with Gasteiger partial charge in [0.25, 0.3) is 5.91 Å². The number of nitrogens with one attached hydrogen (secondary N) is 1. The van der Waals surface area contributed by atoms with Crippen molar-refractivity contribution in [3.05, 3.63) is 10.4 Å². The minimum atomic E-state index is -4.32. The van der Waals surface area contributed by atoms with Crippen molar-refractivity contribution in [1.29, 1.82) is 0 Å². The van der Waals surface area contributed by atoms with E-state index < -0.39 is 36.3 Å². The molecular weight excluding hydrogens is 318 g/mol. The fraction of sp³-hybridized carbons (Fsp3) is 0.400. The topological polar surface area (TPSA) is 107 Å². The Morgan fingerprint density at radius 2 is 2.00 bits per heavy atom. The van der Waals surface area contributed by atoms with Crippen molar-refractivity contribution in [1.82, 2.24) is 0 Å². The van der Waals surface area contributed by atoms with Gasteiger partial charge in [-0.1, -0.05) is 0 Å². The van der Waals surface area contributed by atoms with Gasteiger partial charge in [0.2, 0.25) is 0 Å². The highest BCUT2D eigenvalue weighted by Crippen LogP contribution is 2.36. The second-order valence-electron chi connectivity index (χ2n) is 3.82. The average molecular weight is 329 g/mol. The zero-order valence-corrected chi connectivity index (χ0v) is 11.4. The van der Waals surface area contributed by atoms with E-state index in [1.54, 1.807) is 0 Å². The Labute approximate surface area is 120 Å². The summed E-state index contributed by atoms with van der Waals surface area (Å²) in [6, 6.07) is 0. The number of thiophene rings is 1. The van der Waals surface area contributed by atoms with Gasteiger partial charge in [0.05, 0.1) is 24.9 Å². The summed E-state index contributed by atoms with van der Waals surface area (Å²) < 4.78 is 54.2. The predicted molar refractivity (Wildman–Crippen MR) is 68.0 cm³/mol. The van der Waals surface area contributed by atoms with Crippen molar-refractivity contribution in [2.24, 2.45) is 5.73 Å². The standard InChI is InChI=1S/C10H11F4N3O3S/c1-20-8(19)5-4(15)3(6(16)18)7(21-5)17-2-10(13,14)9(11)12/h9,17H,2,15H2,1H3,(H2,16,18). The molecule has 118 valence electrons. The molecule has 0 aliphatic heterocycles. The number of alkyl halides is 4. The Kier molecular flexibility index (Phi) is 4.99. The number of nitrogen functional groups attached to an aromatic ring is 1. The molecule has 1 heterocycles. The van der Waals surface area contributed by atoms with Crippen LogP contribution in [0, 0.1) is 0 Å². The lowest BCUT2D eigenvalue weighted by molar-refractivity contribution is -0.117. The first kappa shape index (κ1) is 17.0. The lowest BCUT2D eigenvalue weighted by atomic mass is 10.2. The van der Waals surface area contributed by atoms with Crippen LogP contribution in [0.4, 0.5) is 28.3 Å². The van der Waals surface area contributed by atoms with E-state index in [-0.39, 0.29) is 15.6 Å². The Bertz CT molecular complexity index is 562. The fourth-order valence-corrected chi connectivity index (χ4v) is 2.37. The maximum absolute atomic E-state index is 12.9. The number of anilines is 2. The SMILES string of the molecule is COC(=O)c1sc(NCC(F)(F)C(F)F)c(C(N)=O)c1N. The Balaban J connectivity index is 3.12. The summed E-state index contributed by atoms with van der Waals surface area (Å²) in [5, 5.41) is 1.65. The van der Waals surface area contributed by atoms with Crippen LogP contribution >= 0.6 is 11.3 Å². The highest BCUT2D eigenvalue weighted by Gasteiger charge is 2.41. The summed E-state index contributed by atoms with van der Waals surface area (Å²) in [6.07, 6.45) is -3.89. The lowest BCUT2D eigenvalue weighted by Gasteiger charge is -2.16. The van der Waals surface area contributed by atoms with Crippen LogP contribution in [0.5, 0.6) is 0 Å². The first-order chi connectivity index (χ1) is 9.61. The van der Waals surface area contributed by atoms with Gasteiger partial charge < -0.3 is 21.5 Å². The van der Waals surface area contributed by atoms with Crippen molar-refractivity contribution in [2.45, 2.75) is 12.3 Å². The number of carbonyl (C=O) groups excluding carboxylic acids is 2. The van der Waals surface area contributed by atoms with E-state index in [2.05, 4.69) is 4.74 Å². The number of esters is 1. The molecular formula is C10H11F4N3O3S. The van der Waals surface area contributed by atoms with E-state index >= 15 is 0 Å². The number of hydrogen-bond donors (Lipinski definition) is 3. The van der Waals surface area contributed by atoms with Crippen LogP contribution in [0.1, 0.15) is 20.0 Å². The number of rotatable bonds is 6. The van der Waals surface area contributed by atoms with Gasteiger partial charge >= 0.3 is 18.3 Å². The predicted octanol–water partition coefficient (Wildman–Crippen LogP) is 1.53. The summed E-state index contributed by atoms with van der Waals surface area (Å²) in [5.74, 6) is -6.32. The van der Waals surface area contributed by atoms with E-state index in [1.165, 1.54) is 0 Å². The molecule has 1 amide bonds. The largest absolute Gasteiger partial charge is 0.465 e. The first-order valence-corrected chi connectivity index (χ1v) is 6.13. The monoisotopic (exact) mass is 329 g/mol. The molecule has 0 radical (unpaired) electrons. The molecule has 0 bridgehead atoms. The number of nitrogens with two attached hydrogens (primary N) is 2. The van der Waals surface area contributed by atoms with E-state index in [0.29, 0.717) is 11.3 Å². The van der Waals surface area contributed by atoms with Crippen molar-refractivity contribution >= 4 is 33.9 Å². The van der Waals surface area contributed by atoms with Gasteiger partial charge in [-0.3, -0.25) is 4.79 Å². The summed E-state index contributed by atoms with van der Waals surface area (Å²) in [7, 11) is 1.05. The van der Waals surface area contributed by atoms with Crippen LogP contribution < -0.4 is 16.8 Å². The summed E-state index contributed by atoms with van der Waals surface area (Å²) in [5.41, 5.74) is 9.76. The zero-order chi connectivity index (χ0) is 16.4. The van der Waals surface area contributed by atoms with E-state index in [1.807, 2.05) is 5.32 Å². The van der Waals surface area contributed by atoms with Crippen molar-refractivity contribution in [2.75, 3.05) is 24.7 Å². The summed E-state index contributed by atoms with van der Waals surface area (Å²) in [4.78, 5) is 22.4. The molecule has 0 atom stereocenters. The van der Waals surface area contributed by atoms with Crippen molar-refractivity contribution in [3.8, 4) is 0 Å². The Morgan fingerprint density at radius 1 is 1.43 bits per heavy atom. The number of amides is 1. The van der Waals surface area contributed by atoms with E-state index in [4.69, 9.17) is 11.5 Å². The smallest absolute Gasteiger partial charge is 0.350 e. The number of halogens is 4. The highest BCUT2D eigenvalue weighted by molar-refractivity contribution is 7.19. The molecule has 0 aliphatic carbocycles. The normalized spacial score (nSPS) is 11.5. The number of hydrogen-bond acceptors (Lipinski definition) is 6. The molecule has 11 heteroatoms. The molecule has 0 saturated carbocycles. The molecule has 1 aromatic rings. The van der Waals surface area contributed by atoms with Crippen LogP contribution in [-0.4, -0.2) is 37.9 Å². The Hall–Kier alpha value is -2.04.